The van der Waals surface area contributed by atoms with E-state index in [9.17, 15) is 14.7 Å². The van der Waals surface area contributed by atoms with Gasteiger partial charge in [-0.2, -0.15) is 0 Å². The Balaban J connectivity index is 1.32. The van der Waals surface area contributed by atoms with Gasteiger partial charge in [0.05, 0.1) is 30.4 Å². The van der Waals surface area contributed by atoms with Gasteiger partial charge in [0.25, 0.3) is 5.91 Å². The summed E-state index contributed by atoms with van der Waals surface area (Å²) in [6, 6.07) is 21.6. The number of unbranched alkanes of at least 4 members (excludes halogenated alkanes) is 4. The molecule has 1 heterocycles. The fourth-order valence-corrected chi connectivity index (χ4v) is 4.85. The highest BCUT2D eigenvalue weighted by Gasteiger charge is 2.22. The number of rotatable bonds is 14. The van der Waals surface area contributed by atoms with Crippen LogP contribution in [-0.4, -0.2) is 39.6 Å². The minimum absolute atomic E-state index is 0.0346. The van der Waals surface area contributed by atoms with E-state index in [1.807, 2.05) is 60.7 Å². The SMILES string of the molecule is CCCCCCCOc1ccc(-c2cnc(-c3ccc(CC(NC(=O)c4ccc(C(C)(C)C)cc4)C(=O)O)cc3)cn2)cc1. The summed E-state index contributed by atoms with van der Waals surface area (Å²) in [6.07, 6.45) is 9.69. The van der Waals surface area contributed by atoms with Gasteiger partial charge in [-0.05, 0) is 59.4 Å². The predicted molar refractivity (Wildman–Crippen MR) is 175 cm³/mol. The number of carbonyl (C=O) groups is 2. The molecule has 3 aromatic carbocycles. The zero-order valence-electron chi connectivity index (χ0n) is 26.2. The summed E-state index contributed by atoms with van der Waals surface area (Å²) >= 11 is 0. The molecular weight excluding hydrogens is 550 g/mol. The number of benzene rings is 3. The third-order valence-electron chi connectivity index (χ3n) is 7.62. The maximum absolute atomic E-state index is 12.8. The Bertz CT molecular complexity index is 1490. The minimum Gasteiger partial charge on any atom is -0.494 e. The molecule has 0 aliphatic heterocycles. The molecule has 7 heteroatoms. The Labute approximate surface area is 260 Å². The fraction of sp³-hybridized carbons (Fsp3) is 0.351. The Morgan fingerprint density at radius 3 is 1.89 bits per heavy atom. The van der Waals surface area contributed by atoms with E-state index in [1.54, 1.807) is 24.5 Å². The lowest BCUT2D eigenvalue weighted by atomic mass is 9.86. The van der Waals surface area contributed by atoms with E-state index >= 15 is 0 Å². The summed E-state index contributed by atoms with van der Waals surface area (Å²) < 4.78 is 5.86. The predicted octanol–water partition coefficient (Wildman–Crippen LogP) is 7.88. The Morgan fingerprint density at radius 1 is 0.795 bits per heavy atom. The van der Waals surface area contributed by atoms with Crippen molar-refractivity contribution in [3.63, 3.8) is 0 Å². The molecule has 0 spiro atoms. The second kappa shape index (κ2) is 15.3. The van der Waals surface area contributed by atoms with Crippen molar-refractivity contribution < 1.29 is 19.4 Å². The number of ether oxygens (including phenoxy) is 1. The highest BCUT2D eigenvalue weighted by molar-refractivity contribution is 5.96. The maximum atomic E-state index is 12.8. The molecule has 1 unspecified atom stereocenters. The zero-order chi connectivity index (χ0) is 31.5. The number of aliphatic carboxylic acids is 1. The first-order valence-corrected chi connectivity index (χ1v) is 15.4. The van der Waals surface area contributed by atoms with Gasteiger partial charge >= 0.3 is 5.97 Å². The zero-order valence-corrected chi connectivity index (χ0v) is 26.2. The smallest absolute Gasteiger partial charge is 0.326 e. The summed E-state index contributed by atoms with van der Waals surface area (Å²) in [4.78, 5) is 34.0. The van der Waals surface area contributed by atoms with Crippen LogP contribution < -0.4 is 10.1 Å². The molecule has 230 valence electrons. The number of amides is 1. The first kappa shape index (κ1) is 32.4. The number of hydrogen-bond donors (Lipinski definition) is 2. The van der Waals surface area contributed by atoms with Crippen molar-refractivity contribution in [3.05, 3.63) is 102 Å². The lowest BCUT2D eigenvalue weighted by Crippen LogP contribution is -2.42. The van der Waals surface area contributed by atoms with Crippen molar-refractivity contribution in [1.29, 1.82) is 0 Å². The van der Waals surface area contributed by atoms with Crippen molar-refractivity contribution in [2.75, 3.05) is 6.61 Å². The summed E-state index contributed by atoms with van der Waals surface area (Å²) in [6.45, 7) is 9.24. The third kappa shape index (κ3) is 9.24. The van der Waals surface area contributed by atoms with Crippen LogP contribution >= 0.6 is 0 Å². The molecule has 0 bridgehead atoms. The van der Waals surface area contributed by atoms with Gasteiger partial charge in [0.15, 0.2) is 0 Å². The average Bonchev–Trinajstić information content (AvgIpc) is 3.03. The molecule has 0 saturated carbocycles. The van der Waals surface area contributed by atoms with Crippen LogP contribution in [0, 0.1) is 0 Å². The summed E-state index contributed by atoms with van der Waals surface area (Å²) in [5, 5.41) is 12.4. The van der Waals surface area contributed by atoms with E-state index in [2.05, 4.69) is 43.0 Å². The number of hydrogen-bond acceptors (Lipinski definition) is 5. The topological polar surface area (TPSA) is 101 Å². The quantitative estimate of drug-likeness (QED) is 0.144. The second-order valence-electron chi connectivity index (χ2n) is 12.2. The van der Waals surface area contributed by atoms with Crippen molar-refractivity contribution in [3.8, 4) is 28.3 Å². The van der Waals surface area contributed by atoms with Gasteiger partial charge < -0.3 is 15.2 Å². The molecule has 4 rings (SSSR count). The molecule has 44 heavy (non-hydrogen) atoms. The van der Waals surface area contributed by atoms with E-state index in [1.165, 1.54) is 25.7 Å². The first-order valence-electron chi connectivity index (χ1n) is 15.4. The van der Waals surface area contributed by atoms with E-state index in [-0.39, 0.29) is 11.8 Å². The van der Waals surface area contributed by atoms with Crippen LogP contribution in [0.15, 0.2) is 85.2 Å². The van der Waals surface area contributed by atoms with Gasteiger partial charge in [-0.15, -0.1) is 0 Å². The van der Waals surface area contributed by atoms with Crippen LogP contribution in [0.2, 0.25) is 0 Å². The summed E-state index contributed by atoms with van der Waals surface area (Å²) in [5.74, 6) is -0.643. The van der Waals surface area contributed by atoms with Crippen LogP contribution in [-0.2, 0) is 16.6 Å². The van der Waals surface area contributed by atoms with Gasteiger partial charge in [-0.1, -0.05) is 89.8 Å². The number of nitrogens with zero attached hydrogens (tertiary/aromatic N) is 2. The van der Waals surface area contributed by atoms with E-state index in [4.69, 9.17) is 4.74 Å². The van der Waals surface area contributed by atoms with Crippen LogP contribution in [0.25, 0.3) is 22.5 Å². The van der Waals surface area contributed by atoms with Crippen molar-refractivity contribution in [2.24, 2.45) is 0 Å². The maximum Gasteiger partial charge on any atom is 0.326 e. The molecule has 1 aromatic heterocycles. The Morgan fingerprint density at radius 2 is 1.36 bits per heavy atom. The monoisotopic (exact) mass is 593 g/mol. The van der Waals surface area contributed by atoms with E-state index in [0.29, 0.717) is 11.3 Å². The van der Waals surface area contributed by atoms with Crippen LogP contribution in [0.1, 0.15) is 81.3 Å². The highest BCUT2D eigenvalue weighted by Crippen LogP contribution is 2.24. The highest BCUT2D eigenvalue weighted by atomic mass is 16.5. The normalized spacial score (nSPS) is 12.0. The Hall–Kier alpha value is -4.52. The lowest BCUT2D eigenvalue weighted by molar-refractivity contribution is -0.139. The van der Waals surface area contributed by atoms with Gasteiger partial charge in [0.1, 0.15) is 11.8 Å². The van der Waals surface area contributed by atoms with Crippen molar-refractivity contribution >= 4 is 11.9 Å². The minimum atomic E-state index is -1.09. The molecule has 0 fully saturated rings. The Kier molecular flexibility index (Phi) is 11.2. The van der Waals surface area contributed by atoms with Gasteiger partial charge in [-0.3, -0.25) is 14.8 Å². The molecule has 0 radical (unpaired) electrons. The molecule has 4 aromatic rings. The third-order valence-corrected chi connectivity index (χ3v) is 7.62. The molecule has 1 atom stereocenters. The largest absolute Gasteiger partial charge is 0.494 e. The number of carboxylic acid groups (broad SMARTS) is 1. The number of aromatic nitrogens is 2. The van der Waals surface area contributed by atoms with Gasteiger partial charge in [0, 0.05) is 23.1 Å². The van der Waals surface area contributed by atoms with Crippen molar-refractivity contribution in [2.45, 2.75) is 77.7 Å². The van der Waals surface area contributed by atoms with Crippen LogP contribution in [0.4, 0.5) is 0 Å². The average molecular weight is 594 g/mol. The molecule has 1 amide bonds. The summed E-state index contributed by atoms with van der Waals surface area (Å²) in [5.41, 5.74) is 5.59. The summed E-state index contributed by atoms with van der Waals surface area (Å²) in [7, 11) is 0. The lowest BCUT2D eigenvalue weighted by Gasteiger charge is -2.19. The molecular formula is C37H43N3O4. The number of nitrogens with one attached hydrogen (secondary N) is 1. The van der Waals surface area contributed by atoms with Gasteiger partial charge in [-0.25, -0.2) is 4.79 Å². The molecule has 0 aliphatic carbocycles. The van der Waals surface area contributed by atoms with Crippen LogP contribution in [0.3, 0.4) is 0 Å². The fourth-order valence-electron chi connectivity index (χ4n) is 4.85. The number of carboxylic acids is 1. The van der Waals surface area contributed by atoms with Crippen molar-refractivity contribution in [1.82, 2.24) is 15.3 Å². The van der Waals surface area contributed by atoms with Gasteiger partial charge in [0.2, 0.25) is 0 Å². The van der Waals surface area contributed by atoms with Crippen LogP contribution in [0.5, 0.6) is 5.75 Å². The standard InChI is InChI=1S/C37H43N3O4/c1-5-6-7-8-9-22-44-31-20-16-28(17-21-31)34-25-38-33(24-39-34)27-12-10-26(11-13-27)23-32(36(42)43)40-35(41)29-14-18-30(19-15-29)37(2,3)4/h10-21,24-25,32H,5-9,22-23H2,1-4H3,(H,40,41)(H,42,43). The van der Waals surface area contributed by atoms with E-state index < -0.39 is 17.9 Å². The second-order valence-corrected chi connectivity index (χ2v) is 12.2. The molecule has 2 N–H and O–H groups in total. The molecule has 0 aliphatic rings. The first-order chi connectivity index (χ1) is 21.1. The molecule has 0 saturated heterocycles. The van der Waals surface area contributed by atoms with E-state index in [0.717, 1.165) is 46.7 Å². The number of carbonyl (C=O) groups excluding carboxylic acids is 1. The molecule has 7 nitrogen and oxygen atoms in total.